The van der Waals surface area contributed by atoms with Gasteiger partial charge in [0.2, 0.25) is 5.91 Å². The molecule has 2 saturated heterocycles. The molecule has 4 heteroatoms. The molecule has 0 saturated carbocycles. The first-order valence-corrected chi connectivity index (χ1v) is 11.8. The highest BCUT2D eigenvalue weighted by Gasteiger charge is 2.28. The number of piperidine rings is 2. The van der Waals surface area contributed by atoms with Gasteiger partial charge in [-0.15, -0.1) is 0 Å². The van der Waals surface area contributed by atoms with Crippen molar-refractivity contribution in [1.82, 2.24) is 14.7 Å². The lowest BCUT2D eigenvalue weighted by molar-refractivity contribution is -0.131. The van der Waals surface area contributed by atoms with E-state index in [0.717, 1.165) is 24.7 Å². The first-order valence-electron chi connectivity index (χ1n) is 11.8. The summed E-state index contributed by atoms with van der Waals surface area (Å²) in [6, 6.07) is 15.5. The lowest BCUT2D eigenvalue weighted by Crippen LogP contribution is -2.48. The second-order valence-electron chi connectivity index (χ2n) is 9.26. The first kappa shape index (κ1) is 21.3. The molecule has 2 aromatic carbocycles. The van der Waals surface area contributed by atoms with Gasteiger partial charge in [-0.1, -0.05) is 42.5 Å². The van der Waals surface area contributed by atoms with Gasteiger partial charge in [-0.2, -0.15) is 0 Å². The molecule has 1 amide bonds. The maximum absolute atomic E-state index is 13.1. The van der Waals surface area contributed by atoms with Crippen molar-refractivity contribution in [1.29, 1.82) is 0 Å². The van der Waals surface area contributed by atoms with Crippen molar-refractivity contribution >= 4 is 16.7 Å². The summed E-state index contributed by atoms with van der Waals surface area (Å²) in [4.78, 5) is 20.4. The zero-order valence-electron chi connectivity index (χ0n) is 18.7. The van der Waals surface area contributed by atoms with Gasteiger partial charge < -0.3 is 14.7 Å². The zero-order valence-corrected chi connectivity index (χ0v) is 18.7. The SMILES string of the molecule is CCN(CC1CCN(C2CCN(C)CC2)CC1)C(=O)Cc1cccc2ccccc12. The number of likely N-dealkylation sites (tertiary alicyclic amines) is 2. The van der Waals surface area contributed by atoms with E-state index in [-0.39, 0.29) is 5.91 Å². The van der Waals surface area contributed by atoms with Crippen LogP contribution in [0, 0.1) is 5.92 Å². The van der Waals surface area contributed by atoms with Crippen molar-refractivity contribution in [3.8, 4) is 0 Å². The molecule has 2 aliphatic rings. The molecule has 0 atom stereocenters. The van der Waals surface area contributed by atoms with Crippen molar-refractivity contribution < 1.29 is 4.79 Å². The molecule has 0 aliphatic carbocycles. The molecule has 4 nitrogen and oxygen atoms in total. The summed E-state index contributed by atoms with van der Waals surface area (Å²) >= 11 is 0. The molecule has 0 N–H and O–H groups in total. The number of nitrogens with zero attached hydrogens (tertiary/aromatic N) is 3. The Balaban J connectivity index is 1.31. The van der Waals surface area contributed by atoms with Crippen LogP contribution < -0.4 is 0 Å². The summed E-state index contributed by atoms with van der Waals surface area (Å²) in [6.45, 7) is 8.71. The number of carbonyl (C=O) groups is 1. The maximum atomic E-state index is 13.1. The third kappa shape index (κ3) is 5.04. The van der Waals surface area contributed by atoms with E-state index in [1.807, 2.05) is 0 Å². The fourth-order valence-electron chi connectivity index (χ4n) is 5.30. The number of fused-ring (bicyclic) bond motifs is 1. The van der Waals surface area contributed by atoms with Crippen LogP contribution in [0.25, 0.3) is 10.8 Å². The average molecular weight is 408 g/mol. The Bertz CT molecular complexity index is 830. The van der Waals surface area contributed by atoms with Gasteiger partial charge in [-0.3, -0.25) is 4.79 Å². The van der Waals surface area contributed by atoms with Gasteiger partial charge >= 0.3 is 0 Å². The van der Waals surface area contributed by atoms with Crippen molar-refractivity contribution in [2.75, 3.05) is 46.3 Å². The van der Waals surface area contributed by atoms with Crippen molar-refractivity contribution in [2.45, 2.75) is 45.1 Å². The second-order valence-corrected chi connectivity index (χ2v) is 9.26. The molecule has 0 aromatic heterocycles. The lowest BCUT2D eigenvalue weighted by atomic mass is 9.93. The summed E-state index contributed by atoms with van der Waals surface area (Å²) in [6.07, 6.45) is 5.58. The van der Waals surface area contributed by atoms with Crippen LogP contribution in [0.1, 0.15) is 38.2 Å². The minimum absolute atomic E-state index is 0.270. The maximum Gasteiger partial charge on any atom is 0.227 e. The molecular weight excluding hydrogens is 370 g/mol. The van der Waals surface area contributed by atoms with E-state index in [1.54, 1.807) is 0 Å². The molecular formula is C26H37N3O. The normalized spacial score (nSPS) is 19.9. The Morgan fingerprint density at radius 3 is 2.40 bits per heavy atom. The predicted molar refractivity (Wildman–Crippen MR) is 125 cm³/mol. The lowest BCUT2D eigenvalue weighted by Gasteiger charge is -2.41. The molecule has 162 valence electrons. The largest absolute Gasteiger partial charge is 0.342 e. The van der Waals surface area contributed by atoms with Crippen LogP contribution in [0.15, 0.2) is 42.5 Å². The van der Waals surface area contributed by atoms with Crippen LogP contribution in [0.3, 0.4) is 0 Å². The second kappa shape index (κ2) is 9.93. The summed E-state index contributed by atoms with van der Waals surface area (Å²) < 4.78 is 0. The van der Waals surface area contributed by atoms with Gasteiger partial charge in [0.1, 0.15) is 0 Å². The van der Waals surface area contributed by atoms with E-state index in [1.165, 1.54) is 62.6 Å². The smallest absolute Gasteiger partial charge is 0.227 e. The molecule has 0 radical (unpaired) electrons. The molecule has 0 spiro atoms. The van der Waals surface area contributed by atoms with Gasteiger partial charge in [-0.25, -0.2) is 0 Å². The average Bonchev–Trinajstić information content (AvgIpc) is 2.78. The minimum Gasteiger partial charge on any atom is -0.342 e. The van der Waals surface area contributed by atoms with Gasteiger partial charge in [-0.05, 0) is 88.1 Å². The van der Waals surface area contributed by atoms with Crippen LogP contribution in [0.4, 0.5) is 0 Å². The monoisotopic (exact) mass is 407 g/mol. The predicted octanol–water partition coefficient (Wildman–Crippen LogP) is 4.04. The third-order valence-electron chi connectivity index (χ3n) is 7.29. The Labute approximate surface area is 181 Å². The third-order valence-corrected chi connectivity index (χ3v) is 7.29. The fraction of sp³-hybridized carbons (Fsp3) is 0.577. The number of hydrogen-bond acceptors (Lipinski definition) is 3. The van der Waals surface area contributed by atoms with Crippen molar-refractivity contribution in [3.63, 3.8) is 0 Å². The van der Waals surface area contributed by atoms with E-state index >= 15 is 0 Å². The van der Waals surface area contributed by atoms with Crippen LogP contribution in [0.5, 0.6) is 0 Å². The highest BCUT2D eigenvalue weighted by Crippen LogP contribution is 2.25. The molecule has 2 aromatic rings. The van der Waals surface area contributed by atoms with Crippen LogP contribution in [-0.2, 0) is 11.2 Å². The van der Waals surface area contributed by atoms with E-state index in [9.17, 15) is 4.79 Å². The topological polar surface area (TPSA) is 26.8 Å². The Morgan fingerprint density at radius 1 is 0.967 bits per heavy atom. The van der Waals surface area contributed by atoms with E-state index in [2.05, 4.69) is 71.1 Å². The quantitative estimate of drug-likeness (QED) is 0.723. The molecule has 2 fully saturated rings. The van der Waals surface area contributed by atoms with Crippen LogP contribution in [0.2, 0.25) is 0 Å². The summed E-state index contributed by atoms with van der Waals surface area (Å²) in [7, 11) is 2.23. The zero-order chi connectivity index (χ0) is 20.9. The fourth-order valence-corrected chi connectivity index (χ4v) is 5.30. The molecule has 0 unspecified atom stereocenters. The number of rotatable bonds is 6. The Kier molecular flexibility index (Phi) is 7.06. The standard InChI is InChI=1S/C26H37N3O/c1-3-28(26(30)19-23-9-6-8-22-7-4-5-10-25(22)23)20-21-11-17-29(18-12-21)24-13-15-27(2)16-14-24/h4-10,21,24H,3,11-20H2,1-2H3. The first-order chi connectivity index (χ1) is 14.6. The van der Waals surface area contributed by atoms with Crippen molar-refractivity contribution in [2.24, 2.45) is 5.92 Å². The minimum atomic E-state index is 0.270. The van der Waals surface area contributed by atoms with Gasteiger partial charge in [0, 0.05) is 19.1 Å². The van der Waals surface area contributed by atoms with Crippen LogP contribution >= 0.6 is 0 Å². The van der Waals surface area contributed by atoms with E-state index in [4.69, 9.17) is 0 Å². The summed E-state index contributed by atoms with van der Waals surface area (Å²) in [5.74, 6) is 0.913. The number of likely N-dealkylation sites (N-methyl/N-ethyl adjacent to an activating group) is 1. The Morgan fingerprint density at radius 2 is 1.67 bits per heavy atom. The number of carbonyl (C=O) groups excluding carboxylic acids is 1. The number of hydrogen-bond donors (Lipinski definition) is 0. The highest BCUT2D eigenvalue weighted by atomic mass is 16.2. The summed E-state index contributed by atoms with van der Waals surface area (Å²) in [5.41, 5.74) is 1.15. The number of amides is 1. The molecule has 4 rings (SSSR count). The molecule has 0 bridgehead atoms. The van der Waals surface area contributed by atoms with Gasteiger partial charge in [0.25, 0.3) is 0 Å². The Hall–Kier alpha value is -1.91. The van der Waals surface area contributed by atoms with Gasteiger partial charge in [0.05, 0.1) is 6.42 Å². The van der Waals surface area contributed by atoms with Crippen LogP contribution in [-0.4, -0.2) is 73.0 Å². The molecule has 30 heavy (non-hydrogen) atoms. The number of benzene rings is 2. The van der Waals surface area contributed by atoms with E-state index in [0.29, 0.717) is 12.3 Å². The molecule has 2 aliphatic heterocycles. The van der Waals surface area contributed by atoms with E-state index < -0.39 is 0 Å². The van der Waals surface area contributed by atoms with Gasteiger partial charge in [0.15, 0.2) is 0 Å². The molecule has 2 heterocycles. The summed E-state index contributed by atoms with van der Waals surface area (Å²) in [5, 5.41) is 2.42. The van der Waals surface area contributed by atoms with Crippen molar-refractivity contribution in [3.05, 3.63) is 48.0 Å². The highest BCUT2D eigenvalue weighted by molar-refractivity contribution is 5.90.